The van der Waals surface area contributed by atoms with E-state index in [1.165, 1.54) is 27.8 Å². The van der Waals surface area contributed by atoms with Crippen LogP contribution in [0.25, 0.3) is 0 Å². The van der Waals surface area contributed by atoms with Crippen LogP contribution < -0.4 is 4.74 Å². The molecule has 1 saturated carbocycles. The molecule has 0 aromatic heterocycles. The van der Waals surface area contributed by atoms with Crippen molar-refractivity contribution in [3.63, 3.8) is 0 Å². The van der Waals surface area contributed by atoms with Crippen LogP contribution in [0, 0.1) is 40.0 Å². The summed E-state index contributed by atoms with van der Waals surface area (Å²) in [6.45, 7) is 14.8. The van der Waals surface area contributed by atoms with Crippen molar-refractivity contribution < 1.29 is 17.3 Å². The van der Waals surface area contributed by atoms with E-state index in [9.17, 15) is 4.21 Å². The summed E-state index contributed by atoms with van der Waals surface area (Å²) in [7, 11) is 1.93. The van der Waals surface area contributed by atoms with E-state index in [1.54, 1.807) is 12.7 Å². The summed E-state index contributed by atoms with van der Waals surface area (Å²) < 4.78 is 28.2. The molecule has 1 aliphatic carbocycles. The van der Waals surface area contributed by atoms with Crippen molar-refractivity contribution in [2.24, 2.45) is 9.98 Å². The van der Waals surface area contributed by atoms with Crippen molar-refractivity contribution in [2.75, 3.05) is 13.7 Å². The van der Waals surface area contributed by atoms with Crippen LogP contribution >= 0.6 is 0 Å². The van der Waals surface area contributed by atoms with E-state index in [0.29, 0.717) is 0 Å². The zero-order valence-electron chi connectivity index (χ0n) is 28.6. The van der Waals surface area contributed by atoms with Crippen LogP contribution in [-0.4, -0.2) is 47.6 Å². The Morgan fingerprint density at radius 3 is 1.87 bits per heavy atom. The number of rotatable bonds is 10. The van der Waals surface area contributed by atoms with Gasteiger partial charge in [0.05, 0.1) is 24.1 Å². The lowest BCUT2D eigenvalue weighted by atomic mass is 9.87. The molecule has 3 unspecified atom stereocenters. The van der Waals surface area contributed by atoms with Crippen molar-refractivity contribution in [1.82, 2.24) is 4.90 Å². The van der Waals surface area contributed by atoms with Gasteiger partial charge in [-0.2, -0.15) is 4.21 Å². The Hall–Kier alpha value is -3.77. The first-order valence-corrected chi connectivity index (χ1v) is 16.7. The van der Waals surface area contributed by atoms with Crippen molar-refractivity contribution in [3.8, 4) is 18.1 Å². The number of aryl methyl sites for hydroxylation is 4. The molecule has 0 N–H and O–H groups in total. The molecular weight excluding hydrogens is 595 g/mol. The standard InChI is InChI=1S/C19H23N3.C19H26O4S/c1-14-6-8-18(16(3)10-14)20-12-22(5)13-21-19-9-7-15(2)11-17(19)4;1-5-14-21-24(20)23-18-9-7-6-8-17(18)22-16-12-10-15(11-13-16)19(2,3)4/h6-13H,1-5H3;1,10-13,17-18H,6-9,14H2,2-4H3. The molecule has 0 saturated heterocycles. The lowest BCUT2D eigenvalue weighted by Gasteiger charge is -2.30. The first kappa shape index (κ1) is 36.7. The minimum Gasteiger partial charge on any atom is -0.488 e. The summed E-state index contributed by atoms with van der Waals surface area (Å²) in [5.41, 5.74) is 8.19. The van der Waals surface area contributed by atoms with Crippen LogP contribution in [0.2, 0.25) is 0 Å². The zero-order chi connectivity index (χ0) is 33.7. The van der Waals surface area contributed by atoms with Crippen molar-refractivity contribution >= 4 is 35.4 Å². The molecule has 1 fully saturated rings. The summed E-state index contributed by atoms with van der Waals surface area (Å²) in [6.07, 6.45) is 12.1. The number of hydrogen-bond acceptors (Lipinski definition) is 6. The highest BCUT2D eigenvalue weighted by Crippen LogP contribution is 2.29. The van der Waals surface area contributed by atoms with Crippen LogP contribution in [0.1, 0.15) is 74.3 Å². The highest BCUT2D eigenvalue weighted by molar-refractivity contribution is 7.75. The zero-order valence-corrected chi connectivity index (χ0v) is 29.4. The molecule has 3 aromatic rings. The highest BCUT2D eigenvalue weighted by Gasteiger charge is 2.30. The second kappa shape index (κ2) is 17.8. The van der Waals surface area contributed by atoms with Gasteiger partial charge in [-0.25, -0.2) is 9.98 Å². The molecule has 3 atom stereocenters. The smallest absolute Gasteiger partial charge is 0.305 e. The largest absolute Gasteiger partial charge is 0.488 e. The van der Waals surface area contributed by atoms with Gasteiger partial charge in [-0.3, -0.25) is 8.37 Å². The number of aliphatic imine (C=N–C) groups is 2. The van der Waals surface area contributed by atoms with Crippen molar-refractivity contribution in [3.05, 3.63) is 88.5 Å². The second-order valence-electron chi connectivity index (χ2n) is 12.8. The lowest BCUT2D eigenvalue weighted by molar-refractivity contribution is 0.0239. The van der Waals surface area contributed by atoms with Gasteiger partial charge >= 0.3 is 11.4 Å². The highest BCUT2D eigenvalue weighted by atomic mass is 32.2. The summed E-state index contributed by atoms with van der Waals surface area (Å²) in [4.78, 5) is 10.9. The van der Waals surface area contributed by atoms with E-state index in [2.05, 4.69) is 101 Å². The fourth-order valence-corrected chi connectivity index (χ4v) is 5.61. The summed E-state index contributed by atoms with van der Waals surface area (Å²) >= 11 is -1.83. The molecule has 8 heteroatoms. The first-order valence-electron chi connectivity index (χ1n) is 15.7. The maximum absolute atomic E-state index is 11.7. The topological polar surface area (TPSA) is 72.7 Å². The Labute approximate surface area is 279 Å². The average molecular weight is 644 g/mol. The molecule has 0 aliphatic heterocycles. The normalized spacial score (nSPS) is 17.3. The minimum absolute atomic E-state index is 0.0287. The molecule has 0 spiro atoms. The number of terminal acetylenes is 1. The number of benzene rings is 3. The molecule has 0 heterocycles. The third kappa shape index (κ3) is 12.2. The Kier molecular flexibility index (Phi) is 14.2. The van der Waals surface area contributed by atoms with Gasteiger partial charge < -0.3 is 9.64 Å². The van der Waals surface area contributed by atoms with Gasteiger partial charge in [-0.1, -0.05) is 80.6 Å². The van der Waals surface area contributed by atoms with E-state index in [-0.39, 0.29) is 24.2 Å². The quantitative estimate of drug-likeness (QED) is 0.125. The molecule has 3 aromatic carbocycles. The van der Waals surface area contributed by atoms with Crippen LogP contribution in [0.5, 0.6) is 5.75 Å². The van der Waals surface area contributed by atoms with E-state index in [1.807, 2.05) is 36.2 Å². The monoisotopic (exact) mass is 643 g/mol. The molecular formula is C38H49N3O4S. The number of nitrogens with zero attached hydrogens (tertiary/aromatic N) is 3. The van der Waals surface area contributed by atoms with Crippen LogP contribution in [0.4, 0.5) is 11.4 Å². The third-order valence-electron chi connectivity index (χ3n) is 7.55. The minimum atomic E-state index is -1.83. The first-order chi connectivity index (χ1) is 21.8. The van der Waals surface area contributed by atoms with E-state index >= 15 is 0 Å². The summed E-state index contributed by atoms with van der Waals surface area (Å²) in [5.74, 6) is 3.08. The Balaban J connectivity index is 0.000000251. The maximum atomic E-state index is 11.7. The fourth-order valence-electron chi connectivity index (χ4n) is 4.96. The predicted octanol–water partition coefficient (Wildman–Crippen LogP) is 8.79. The molecule has 7 nitrogen and oxygen atoms in total. The Bertz CT molecular complexity index is 1480. The predicted molar refractivity (Wildman–Crippen MR) is 192 cm³/mol. The Morgan fingerprint density at radius 1 is 0.870 bits per heavy atom. The van der Waals surface area contributed by atoms with Crippen LogP contribution in [0.3, 0.4) is 0 Å². The van der Waals surface area contributed by atoms with E-state index < -0.39 is 11.4 Å². The molecule has 0 amide bonds. The molecule has 46 heavy (non-hydrogen) atoms. The van der Waals surface area contributed by atoms with Crippen molar-refractivity contribution in [1.29, 1.82) is 0 Å². The van der Waals surface area contributed by atoms with Gasteiger partial charge in [0.25, 0.3) is 0 Å². The van der Waals surface area contributed by atoms with Gasteiger partial charge in [0, 0.05) is 7.05 Å². The number of ether oxygens (including phenoxy) is 1. The maximum Gasteiger partial charge on any atom is 0.305 e. The van der Waals surface area contributed by atoms with Gasteiger partial charge in [0.2, 0.25) is 0 Å². The summed E-state index contributed by atoms with van der Waals surface area (Å²) in [5, 5.41) is 0. The van der Waals surface area contributed by atoms with Gasteiger partial charge in [-0.15, -0.1) is 6.42 Å². The lowest BCUT2D eigenvalue weighted by Crippen LogP contribution is -2.37. The van der Waals surface area contributed by atoms with Crippen molar-refractivity contribution in [2.45, 2.75) is 91.8 Å². The molecule has 1 aliphatic rings. The molecule has 0 radical (unpaired) electrons. The second-order valence-corrected chi connectivity index (χ2v) is 13.6. The molecule has 246 valence electrons. The molecule has 0 bridgehead atoms. The van der Waals surface area contributed by atoms with E-state index in [4.69, 9.17) is 19.5 Å². The fraction of sp³-hybridized carbons (Fsp3) is 0.421. The van der Waals surface area contributed by atoms with Crippen LogP contribution in [-0.2, 0) is 25.1 Å². The van der Waals surface area contributed by atoms with Crippen LogP contribution in [0.15, 0.2) is 70.6 Å². The average Bonchev–Trinajstić information content (AvgIpc) is 3.00. The molecule has 4 rings (SSSR count). The van der Waals surface area contributed by atoms with Gasteiger partial charge in [-0.05, 0) is 93.3 Å². The SMILES string of the molecule is C#CCOS(=O)OC1CCCCC1Oc1ccc(C(C)(C)C)cc1.Cc1ccc(N=CN(C)C=Nc2ccc(C)cc2C)c(C)c1. The van der Waals surface area contributed by atoms with E-state index in [0.717, 1.165) is 42.8 Å². The van der Waals surface area contributed by atoms with Gasteiger partial charge in [0.1, 0.15) is 24.6 Å². The third-order valence-corrected chi connectivity index (χ3v) is 8.27. The Morgan fingerprint density at radius 2 is 1.39 bits per heavy atom. The number of hydrogen-bond donors (Lipinski definition) is 0. The van der Waals surface area contributed by atoms with Gasteiger partial charge in [0.15, 0.2) is 0 Å². The summed E-state index contributed by atoms with van der Waals surface area (Å²) in [6, 6.07) is 20.6.